The molecule has 0 unspecified atom stereocenters. The van der Waals surface area contributed by atoms with E-state index < -0.39 is 11.2 Å². The lowest BCUT2D eigenvalue weighted by Crippen LogP contribution is -2.12. The Labute approximate surface area is 121 Å². The van der Waals surface area contributed by atoms with E-state index in [0.717, 1.165) is 12.0 Å². The number of aromatic nitrogens is 2. The van der Waals surface area contributed by atoms with Crippen molar-refractivity contribution >= 4 is 11.5 Å². The molecule has 0 aliphatic heterocycles. The number of nitrogen functional groups attached to an aromatic ring is 1. The zero-order valence-electron chi connectivity index (χ0n) is 11.8. The van der Waals surface area contributed by atoms with E-state index in [1.807, 2.05) is 26.0 Å². The summed E-state index contributed by atoms with van der Waals surface area (Å²) in [5, 5.41) is 2.58. The van der Waals surface area contributed by atoms with Gasteiger partial charge < -0.3 is 15.5 Å². The summed E-state index contributed by atoms with van der Waals surface area (Å²) in [6.07, 6.45) is 0.855. The Bertz CT molecular complexity index is 725. The van der Waals surface area contributed by atoms with Crippen LogP contribution in [0.4, 0.5) is 11.5 Å². The molecule has 3 N–H and O–H groups in total. The van der Waals surface area contributed by atoms with E-state index in [1.54, 1.807) is 6.07 Å². The molecule has 110 valence electrons. The van der Waals surface area contributed by atoms with Crippen LogP contribution in [0, 0.1) is 11.8 Å². The van der Waals surface area contributed by atoms with Crippen molar-refractivity contribution in [3.8, 4) is 17.1 Å². The maximum absolute atomic E-state index is 11.7. The zero-order valence-corrected chi connectivity index (χ0v) is 11.8. The average Bonchev–Trinajstić information content (AvgIpc) is 2.44. The van der Waals surface area contributed by atoms with Gasteiger partial charge in [-0.1, -0.05) is 13.0 Å². The molecule has 0 aliphatic rings. The zero-order chi connectivity index (χ0) is 15.4. The molecule has 0 radical (unpaired) electrons. The van der Waals surface area contributed by atoms with Crippen molar-refractivity contribution in [3.05, 3.63) is 39.0 Å². The molecule has 21 heavy (non-hydrogen) atoms. The molecule has 1 heterocycles. The fourth-order valence-electron chi connectivity index (χ4n) is 1.86. The van der Waals surface area contributed by atoms with Crippen molar-refractivity contribution in [1.29, 1.82) is 0 Å². The van der Waals surface area contributed by atoms with Crippen molar-refractivity contribution in [1.82, 2.24) is 9.97 Å². The molecule has 0 saturated heterocycles. The predicted molar refractivity (Wildman–Crippen MR) is 80.7 cm³/mol. The number of nitrogens with two attached hydrogens (primary N) is 1. The van der Waals surface area contributed by atoms with Crippen molar-refractivity contribution < 1.29 is 4.74 Å². The van der Waals surface area contributed by atoms with Gasteiger partial charge in [0.1, 0.15) is 11.6 Å². The number of aryl methyl sites for hydroxylation is 1. The molecule has 1 aromatic carbocycles. The molecule has 0 bridgehead atoms. The Balaban J connectivity index is 2.56. The lowest BCUT2D eigenvalue weighted by atomic mass is 10.1. The number of ether oxygens (including phenoxy) is 1. The summed E-state index contributed by atoms with van der Waals surface area (Å²) in [6, 6.07) is 5.51. The van der Waals surface area contributed by atoms with Crippen molar-refractivity contribution in [3.63, 3.8) is 0 Å². The lowest BCUT2D eigenvalue weighted by Gasteiger charge is -2.11. The van der Waals surface area contributed by atoms with E-state index in [-0.39, 0.29) is 11.6 Å². The Kier molecular flexibility index (Phi) is 4.32. The van der Waals surface area contributed by atoms with Crippen LogP contribution in [-0.2, 0) is 0 Å². The van der Waals surface area contributed by atoms with Crippen LogP contribution in [0.15, 0.2) is 28.2 Å². The van der Waals surface area contributed by atoms with Crippen LogP contribution in [0.2, 0.25) is 0 Å². The topological polar surface area (TPSA) is 110 Å². The van der Waals surface area contributed by atoms with Gasteiger partial charge in [-0.15, -0.1) is 4.91 Å². The van der Waals surface area contributed by atoms with E-state index in [4.69, 9.17) is 10.5 Å². The van der Waals surface area contributed by atoms with Crippen LogP contribution < -0.4 is 16.0 Å². The van der Waals surface area contributed by atoms with E-state index in [2.05, 4.69) is 15.1 Å². The highest BCUT2D eigenvalue weighted by atomic mass is 16.5. The van der Waals surface area contributed by atoms with E-state index in [1.165, 1.54) is 0 Å². The number of nitrogens with zero attached hydrogens (tertiary/aromatic N) is 2. The Morgan fingerprint density at radius 1 is 1.43 bits per heavy atom. The van der Waals surface area contributed by atoms with E-state index in [0.29, 0.717) is 17.9 Å². The molecule has 0 fully saturated rings. The summed E-state index contributed by atoms with van der Waals surface area (Å²) < 4.78 is 5.67. The van der Waals surface area contributed by atoms with E-state index >= 15 is 0 Å². The van der Waals surface area contributed by atoms with Gasteiger partial charge in [0.15, 0.2) is 5.82 Å². The summed E-state index contributed by atoms with van der Waals surface area (Å²) >= 11 is 0. The second-order valence-electron chi connectivity index (χ2n) is 4.59. The van der Waals surface area contributed by atoms with Gasteiger partial charge in [-0.3, -0.25) is 4.79 Å². The molecule has 2 rings (SSSR count). The summed E-state index contributed by atoms with van der Waals surface area (Å²) in [6.45, 7) is 4.48. The van der Waals surface area contributed by atoms with Gasteiger partial charge in [-0.25, -0.2) is 4.98 Å². The average molecular weight is 288 g/mol. The summed E-state index contributed by atoms with van der Waals surface area (Å²) in [7, 11) is 0. The summed E-state index contributed by atoms with van der Waals surface area (Å²) in [5.41, 5.74) is 6.12. The normalized spacial score (nSPS) is 10.4. The first-order valence-corrected chi connectivity index (χ1v) is 6.53. The summed E-state index contributed by atoms with van der Waals surface area (Å²) in [4.78, 5) is 28.8. The van der Waals surface area contributed by atoms with Gasteiger partial charge in [0.2, 0.25) is 5.69 Å². The maximum atomic E-state index is 11.7. The van der Waals surface area contributed by atoms with Crippen LogP contribution in [0.5, 0.6) is 5.75 Å². The molecule has 7 nitrogen and oxygen atoms in total. The Morgan fingerprint density at radius 2 is 2.19 bits per heavy atom. The van der Waals surface area contributed by atoms with Gasteiger partial charge in [0.25, 0.3) is 5.56 Å². The molecular formula is C14H16N4O3. The predicted octanol–water partition coefficient (Wildman–Crippen LogP) is 2.51. The molecule has 0 amide bonds. The molecule has 0 atom stereocenters. The number of nitroso groups, excluding NO2 is 1. The third kappa shape index (κ3) is 3.07. The fraction of sp³-hybridized carbons (Fsp3) is 0.286. The molecule has 1 aromatic heterocycles. The Hall–Kier alpha value is -2.70. The summed E-state index contributed by atoms with van der Waals surface area (Å²) in [5.74, 6) is 0.646. The van der Waals surface area contributed by atoms with Crippen LogP contribution in [0.1, 0.15) is 18.9 Å². The van der Waals surface area contributed by atoms with E-state index in [9.17, 15) is 9.70 Å². The highest BCUT2D eigenvalue weighted by Gasteiger charge is 2.14. The molecule has 2 aromatic rings. The number of benzene rings is 1. The number of rotatable bonds is 5. The van der Waals surface area contributed by atoms with Gasteiger partial charge in [-0.05, 0) is 36.2 Å². The largest absolute Gasteiger partial charge is 0.493 e. The van der Waals surface area contributed by atoms with Crippen LogP contribution in [-0.4, -0.2) is 16.6 Å². The highest BCUT2D eigenvalue weighted by Crippen LogP contribution is 2.29. The number of anilines is 1. The number of nitrogens with one attached hydrogen (secondary N) is 1. The fourth-order valence-corrected chi connectivity index (χ4v) is 1.86. The van der Waals surface area contributed by atoms with Gasteiger partial charge >= 0.3 is 0 Å². The molecule has 0 spiro atoms. The molecule has 0 aliphatic carbocycles. The third-order valence-corrected chi connectivity index (χ3v) is 2.87. The second-order valence-corrected chi connectivity index (χ2v) is 4.59. The first-order chi connectivity index (χ1) is 10.1. The number of hydrogen-bond donors (Lipinski definition) is 2. The van der Waals surface area contributed by atoms with Crippen LogP contribution >= 0.6 is 0 Å². The van der Waals surface area contributed by atoms with Crippen LogP contribution in [0.3, 0.4) is 0 Å². The minimum atomic E-state index is -0.672. The number of aromatic amines is 1. The maximum Gasteiger partial charge on any atom is 0.282 e. The molecule has 7 heteroatoms. The van der Waals surface area contributed by atoms with Crippen molar-refractivity contribution in [2.45, 2.75) is 20.3 Å². The van der Waals surface area contributed by atoms with Gasteiger partial charge in [0, 0.05) is 0 Å². The molecular weight excluding hydrogens is 272 g/mol. The molecule has 0 saturated carbocycles. The van der Waals surface area contributed by atoms with Gasteiger partial charge in [-0.2, -0.15) is 0 Å². The minimum Gasteiger partial charge on any atom is -0.493 e. The highest BCUT2D eigenvalue weighted by molar-refractivity contribution is 5.68. The number of hydrogen-bond acceptors (Lipinski definition) is 6. The standard InChI is InChI=1S/C14H16N4O3/c1-3-6-21-10-7-8(2)4-5-9(10)13-16-12(15)11(18-20)14(19)17-13/h4-5,7H,3,6H2,1-2H3,(H3,15,16,17,19). The Morgan fingerprint density at radius 3 is 2.81 bits per heavy atom. The van der Waals surface area contributed by atoms with Gasteiger partial charge in [0.05, 0.1) is 12.2 Å². The minimum absolute atomic E-state index is 0.203. The lowest BCUT2D eigenvalue weighted by molar-refractivity contribution is 0.318. The van der Waals surface area contributed by atoms with Crippen LogP contribution in [0.25, 0.3) is 11.4 Å². The smallest absolute Gasteiger partial charge is 0.282 e. The monoisotopic (exact) mass is 288 g/mol. The quantitative estimate of drug-likeness (QED) is 0.821. The van der Waals surface area contributed by atoms with Crippen molar-refractivity contribution in [2.24, 2.45) is 5.18 Å². The van der Waals surface area contributed by atoms with Crippen molar-refractivity contribution in [2.75, 3.05) is 12.3 Å². The second kappa shape index (κ2) is 6.17. The SMILES string of the molecule is CCCOc1cc(C)ccc1-c1nc(N)c(N=O)c(=O)[nH]1. The first kappa shape index (κ1) is 14.7. The number of H-pyrrole nitrogens is 1. The first-order valence-electron chi connectivity index (χ1n) is 6.53. The third-order valence-electron chi connectivity index (χ3n) is 2.87.